The molecule has 0 radical (unpaired) electrons. The molecule has 4 heteroatoms. The molecule has 0 bridgehead atoms. The molecule has 0 aliphatic carbocycles. The SMILES string of the molecule is CCNc1cncc(-n2cnc(C)c2C)c1. The van der Waals surface area contributed by atoms with Gasteiger partial charge < -0.3 is 9.88 Å². The lowest BCUT2D eigenvalue weighted by atomic mass is 10.3. The van der Waals surface area contributed by atoms with E-state index in [2.05, 4.69) is 35.2 Å². The van der Waals surface area contributed by atoms with Crippen molar-refractivity contribution in [2.45, 2.75) is 20.8 Å². The van der Waals surface area contributed by atoms with Crippen LogP contribution >= 0.6 is 0 Å². The lowest BCUT2D eigenvalue weighted by Crippen LogP contribution is -2.00. The summed E-state index contributed by atoms with van der Waals surface area (Å²) in [5, 5.41) is 3.25. The number of hydrogen-bond donors (Lipinski definition) is 1. The van der Waals surface area contributed by atoms with E-state index in [4.69, 9.17) is 0 Å². The maximum atomic E-state index is 4.28. The number of hydrogen-bond acceptors (Lipinski definition) is 3. The first-order valence-electron chi connectivity index (χ1n) is 5.42. The maximum Gasteiger partial charge on any atom is 0.0997 e. The average Bonchev–Trinajstić information content (AvgIpc) is 2.61. The van der Waals surface area contributed by atoms with Gasteiger partial charge in [0.15, 0.2) is 0 Å². The lowest BCUT2D eigenvalue weighted by Gasteiger charge is -2.08. The minimum atomic E-state index is 0.896. The third-order valence-corrected chi connectivity index (χ3v) is 2.63. The van der Waals surface area contributed by atoms with Crippen molar-refractivity contribution < 1.29 is 0 Å². The van der Waals surface area contributed by atoms with Crippen LogP contribution in [0.1, 0.15) is 18.3 Å². The predicted molar refractivity (Wildman–Crippen MR) is 65.0 cm³/mol. The van der Waals surface area contributed by atoms with Gasteiger partial charge in [-0.15, -0.1) is 0 Å². The number of rotatable bonds is 3. The van der Waals surface area contributed by atoms with Gasteiger partial charge in [-0.25, -0.2) is 4.98 Å². The number of nitrogens with zero attached hydrogens (tertiary/aromatic N) is 3. The molecule has 16 heavy (non-hydrogen) atoms. The molecule has 1 N–H and O–H groups in total. The Kier molecular flexibility index (Phi) is 2.90. The molecule has 0 saturated heterocycles. The summed E-state index contributed by atoms with van der Waals surface area (Å²) < 4.78 is 2.04. The van der Waals surface area contributed by atoms with Crippen LogP contribution in [0.5, 0.6) is 0 Å². The lowest BCUT2D eigenvalue weighted by molar-refractivity contribution is 0.987. The third-order valence-electron chi connectivity index (χ3n) is 2.63. The number of pyridine rings is 1. The molecule has 0 aliphatic heterocycles. The van der Waals surface area contributed by atoms with Crippen LogP contribution in [-0.4, -0.2) is 21.1 Å². The van der Waals surface area contributed by atoms with Crippen LogP contribution < -0.4 is 5.32 Å². The predicted octanol–water partition coefficient (Wildman–Crippen LogP) is 2.32. The standard InChI is InChI=1S/C12H16N4/c1-4-14-11-5-12(7-13-6-11)16-8-15-9(2)10(16)3/h5-8,14H,4H2,1-3H3. The normalized spacial score (nSPS) is 10.4. The second-order valence-electron chi connectivity index (χ2n) is 3.75. The topological polar surface area (TPSA) is 42.7 Å². The molecule has 0 atom stereocenters. The van der Waals surface area contributed by atoms with Gasteiger partial charge in [0.2, 0.25) is 0 Å². The number of anilines is 1. The molecule has 0 unspecified atom stereocenters. The molecule has 0 aromatic carbocycles. The summed E-state index contributed by atoms with van der Waals surface area (Å²) >= 11 is 0. The quantitative estimate of drug-likeness (QED) is 0.856. The second-order valence-corrected chi connectivity index (χ2v) is 3.75. The number of aryl methyl sites for hydroxylation is 1. The van der Waals surface area contributed by atoms with E-state index in [1.54, 1.807) is 0 Å². The first kappa shape index (κ1) is 10.7. The summed E-state index contributed by atoms with van der Waals surface area (Å²) in [5.41, 5.74) is 4.27. The fourth-order valence-corrected chi connectivity index (χ4v) is 1.62. The van der Waals surface area contributed by atoms with Crippen molar-refractivity contribution in [3.63, 3.8) is 0 Å². The Balaban J connectivity index is 2.40. The van der Waals surface area contributed by atoms with E-state index >= 15 is 0 Å². The van der Waals surface area contributed by atoms with Crippen LogP contribution in [0.25, 0.3) is 5.69 Å². The molecule has 2 heterocycles. The van der Waals surface area contributed by atoms with Crippen LogP contribution in [-0.2, 0) is 0 Å². The van der Waals surface area contributed by atoms with Gasteiger partial charge in [0.05, 0.1) is 35.8 Å². The zero-order chi connectivity index (χ0) is 11.5. The molecule has 2 aromatic rings. The van der Waals surface area contributed by atoms with Crippen LogP contribution in [0.2, 0.25) is 0 Å². The van der Waals surface area contributed by atoms with Crippen molar-refractivity contribution >= 4 is 5.69 Å². The highest BCUT2D eigenvalue weighted by Gasteiger charge is 2.04. The van der Waals surface area contributed by atoms with Crippen molar-refractivity contribution in [2.24, 2.45) is 0 Å². The highest BCUT2D eigenvalue weighted by Crippen LogP contribution is 2.16. The van der Waals surface area contributed by atoms with Gasteiger partial charge in [0, 0.05) is 12.2 Å². The Labute approximate surface area is 95.4 Å². The molecule has 0 amide bonds. The summed E-state index contributed by atoms with van der Waals surface area (Å²) in [4.78, 5) is 8.50. The monoisotopic (exact) mass is 216 g/mol. The molecule has 0 spiro atoms. The van der Waals surface area contributed by atoms with Crippen LogP contribution in [0.4, 0.5) is 5.69 Å². The van der Waals surface area contributed by atoms with E-state index in [1.807, 2.05) is 30.2 Å². The summed E-state index contributed by atoms with van der Waals surface area (Å²) in [5.74, 6) is 0. The van der Waals surface area contributed by atoms with E-state index in [1.165, 1.54) is 0 Å². The summed E-state index contributed by atoms with van der Waals surface area (Å²) in [6.07, 6.45) is 5.50. The van der Waals surface area contributed by atoms with Crippen LogP contribution in [0.15, 0.2) is 24.8 Å². The molecular formula is C12H16N4. The summed E-state index contributed by atoms with van der Waals surface area (Å²) in [6.45, 7) is 7.03. The third kappa shape index (κ3) is 1.91. The van der Waals surface area contributed by atoms with Gasteiger partial charge >= 0.3 is 0 Å². The first-order chi connectivity index (χ1) is 7.72. The minimum absolute atomic E-state index is 0.896. The Morgan fingerprint density at radius 1 is 1.31 bits per heavy atom. The van der Waals surface area contributed by atoms with E-state index in [-0.39, 0.29) is 0 Å². The Morgan fingerprint density at radius 2 is 2.12 bits per heavy atom. The fourth-order valence-electron chi connectivity index (χ4n) is 1.62. The van der Waals surface area contributed by atoms with Crippen LogP contribution in [0.3, 0.4) is 0 Å². The highest BCUT2D eigenvalue weighted by atomic mass is 15.1. The number of nitrogens with one attached hydrogen (secondary N) is 1. The number of imidazole rings is 1. The number of aromatic nitrogens is 3. The molecule has 0 aliphatic rings. The van der Waals surface area contributed by atoms with Crippen molar-refractivity contribution in [2.75, 3.05) is 11.9 Å². The first-order valence-corrected chi connectivity index (χ1v) is 5.42. The molecule has 0 fully saturated rings. The van der Waals surface area contributed by atoms with Gasteiger partial charge in [0.25, 0.3) is 0 Å². The van der Waals surface area contributed by atoms with Gasteiger partial charge in [-0.2, -0.15) is 0 Å². The zero-order valence-electron chi connectivity index (χ0n) is 9.86. The Hall–Kier alpha value is -1.84. The van der Waals surface area contributed by atoms with Gasteiger partial charge in [-0.05, 0) is 26.8 Å². The second kappa shape index (κ2) is 4.35. The van der Waals surface area contributed by atoms with E-state index in [9.17, 15) is 0 Å². The summed E-state index contributed by atoms with van der Waals surface area (Å²) in [6, 6.07) is 2.07. The molecule has 0 saturated carbocycles. The smallest absolute Gasteiger partial charge is 0.0997 e. The molecule has 2 rings (SSSR count). The van der Waals surface area contributed by atoms with E-state index < -0.39 is 0 Å². The van der Waals surface area contributed by atoms with E-state index in [0.717, 1.165) is 29.3 Å². The fraction of sp³-hybridized carbons (Fsp3) is 0.333. The van der Waals surface area contributed by atoms with Gasteiger partial charge in [-0.3, -0.25) is 4.98 Å². The van der Waals surface area contributed by atoms with Gasteiger partial charge in [-0.1, -0.05) is 0 Å². The van der Waals surface area contributed by atoms with Crippen molar-refractivity contribution in [1.29, 1.82) is 0 Å². The summed E-state index contributed by atoms with van der Waals surface area (Å²) in [7, 11) is 0. The Bertz CT molecular complexity index is 488. The zero-order valence-corrected chi connectivity index (χ0v) is 9.86. The minimum Gasteiger partial charge on any atom is -0.384 e. The van der Waals surface area contributed by atoms with E-state index in [0.29, 0.717) is 0 Å². The van der Waals surface area contributed by atoms with Crippen molar-refractivity contribution in [3.8, 4) is 5.69 Å². The largest absolute Gasteiger partial charge is 0.384 e. The molecule has 4 nitrogen and oxygen atoms in total. The maximum absolute atomic E-state index is 4.28. The Morgan fingerprint density at radius 3 is 2.75 bits per heavy atom. The molecule has 2 aromatic heterocycles. The van der Waals surface area contributed by atoms with Crippen LogP contribution in [0, 0.1) is 13.8 Å². The average molecular weight is 216 g/mol. The van der Waals surface area contributed by atoms with Crippen molar-refractivity contribution in [1.82, 2.24) is 14.5 Å². The highest BCUT2D eigenvalue weighted by molar-refractivity contribution is 5.48. The van der Waals surface area contributed by atoms with Crippen molar-refractivity contribution in [3.05, 3.63) is 36.2 Å². The molecule has 84 valence electrons. The molecular weight excluding hydrogens is 200 g/mol. The van der Waals surface area contributed by atoms with Gasteiger partial charge in [0.1, 0.15) is 0 Å².